The molecule has 0 rings (SSSR count). The Morgan fingerprint density at radius 1 is 1.60 bits per heavy atom. The van der Waals surface area contributed by atoms with Crippen molar-refractivity contribution in [2.24, 2.45) is 5.73 Å². The van der Waals surface area contributed by atoms with Gasteiger partial charge in [-0.2, -0.15) is 0 Å². The Hall–Kier alpha value is -1.01. The molecular formula is C6H8ClNO2. The lowest BCUT2D eigenvalue weighted by molar-refractivity contribution is -0.113. The van der Waals surface area contributed by atoms with Gasteiger partial charge in [-0.3, -0.25) is 4.79 Å². The van der Waals surface area contributed by atoms with E-state index in [1.807, 2.05) is 0 Å². The van der Waals surface area contributed by atoms with Crippen LogP contribution in [0.3, 0.4) is 0 Å². The average molecular weight is 162 g/mol. The van der Waals surface area contributed by atoms with Crippen molar-refractivity contribution in [1.82, 2.24) is 0 Å². The first-order chi connectivity index (χ1) is 4.27. The largest absolute Gasteiger partial charge is 0.359 e. The van der Waals surface area contributed by atoms with Crippen LogP contribution < -0.4 is 5.73 Å². The molecule has 10 heavy (non-hydrogen) atoms. The minimum atomic E-state index is -0.652. The molecule has 0 saturated heterocycles. The number of hydrogen-bond acceptors (Lipinski definition) is 2. The highest BCUT2D eigenvalue weighted by atomic mass is 35.5. The number of carbonyl (C=O) groups is 2. The Balaban J connectivity index is 0. The van der Waals surface area contributed by atoms with Gasteiger partial charge in [0.1, 0.15) is 6.29 Å². The fourth-order valence-electron chi connectivity index (χ4n) is 0.281. The van der Waals surface area contributed by atoms with Gasteiger partial charge in [0.25, 0.3) is 5.91 Å². The Bertz CT molecular complexity index is 168. The molecular weight excluding hydrogens is 154 g/mol. The molecule has 0 spiro atoms. The summed E-state index contributed by atoms with van der Waals surface area (Å²) in [6.07, 6.45) is 1.52. The minimum Gasteiger partial charge on any atom is -0.359 e. The van der Waals surface area contributed by atoms with Gasteiger partial charge in [0.05, 0.1) is 0 Å². The standard InChI is InChI=1S/C6H7NO2.ClH/c7-6(9)4-2-1-3-5-8;/h5H,1,3H2,(H2,7,9);1H. The summed E-state index contributed by atoms with van der Waals surface area (Å²) in [6.45, 7) is 0. The van der Waals surface area contributed by atoms with E-state index >= 15 is 0 Å². The van der Waals surface area contributed by atoms with Crippen molar-refractivity contribution in [3.05, 3.63) is 0 Å². The number of hydrogen-bond donors (Lipinski definition) is 1. The van der Waals surface area contributed by atoms with Gasteiger partial charge in [0.2, 0.25) is 0 Å². The Morgan fingerprint density at radius 2 is 2.20 bits per heavy atom. The molecule has 4 heteroatoms. The second-order valence-corrected chi connectivity index (χ2v) is 1.37. The van der Waals surface area contributed by atoms with E-state index in [4.69, 9.17) is 0 Å². The zero-order valence-electron chi connectivity index (χ0n) is 5.29. The summed E-state index contributed by atoms with van der Waals surface area (Å²) in [5.41, 5.74) is 4.67. The first-order valence-electron chi connectivity index (χ1n) is 2.49. The van der Waals surface area contributed by atoms with Crippen molar-refractivity contribution < 1.29 is 9.59 Å². The van der Waals surface area contributed by atoms with Crippen LogP contribution in [0.25, 0.3) is 0 Å². The summed E-state index contributed by atoms with van der Waals surface area (Å²) < 4.78 is 0. The molecule has 0 heterocycles. The number of nitrogens with two attached hydrogens (primary N) is 1. The third-order valence-corrected chi connectivity index (χ3v) is 0.599. The predicted octanol–water partition coefficient (Wildman–Crippen LogP) is -0.124. The third kappa shape index (κ3) is 10.1. The molecule has 0 aromatic carbocycles. The van der Waals surface area contributed by atoms with E-state index in [1.165, 1.54) is 0 Å². The van der Waals surface area contributed by atoms with Crippen molar-refractivity contribution in [3.63, 3.8) is 0 Å². The molecule has 0 atom stereocenters. The van der Waals surface area contributed by atoms with Crippen LogP contribution in [-0.2, 0) is 9.59 Å². The lowest BCUT2D eigenvalue weighted by atomic mass is 10.3. The molecule has 1 amide bonds. The lowest BCUT2D eigenvalue weighted by Gasteiger charge is -1.74. The van der Waals surface area contributed by atoms with Crippen molar-refractivity contribution in [2.45, 2.75) is 12.8 Å². The molecule has 56 valence electrons. The van der Waals surface area contributed by atoms with E-state index in [9.17, 15) is 9.59 Å². The maximum atomic E-state index is 9.92. The monoisotopic (exact) mass is 161 g/mol. The van der Waals surface area contributed by atoms with Gasteiger partial charge in [-0.1, -0.05) is 5.92 Å². The minimum absolute atomic E-state index is 0. The summed E-state index contributed by atoms with van der Waals surface area (Å²) in [5.74, 6) is 3.89. The van der Waals surface area contributed by atoms with Crippen LogP contribution >= 0.6 is 12.4 Å². The quantitative estimate of drug-likeness (QED) is 0.349. The number of carbonyl (C=O) groups excluding carboxylic acids is 2. The predicted molar refractivity (Wildman–Crippen MR) is 39.5 cm³/mol. The van der Waals surface area contributed by atoms with E-state index in [0.29, 0.717) is 12.8 Å². The molecule has 0 aliphatic heterocycles. The maximum absolute atomic E-state index is 9.92. The summed E-state index contributed by atoms with van der Waals surface area (Å²) in [5, 5.41) is 0. The van der Waals surface area contributed by atoms with Gasteiger partial charge in [-0.25, -0.2) is 0 Å². The smallest absolute Gasteiger partial charge is 0.293 e. The van der Waals surface area contributed by atoms with Crippen LogP contribution in [0.5, 0.6) is 0 Å². The van der Waals surface area contributed by atoms with E-state index in [-0.39, 0.29) is 12.4 Å². The molecule has 0 saturated carbocycles. The summed E-state index contributed by atoms with van der Waals surface area (Å²) in [6, 6.07) is 0. The second kappa shape index (κ2) is 7.99. The van der Waals surface area contributed by atoms with Crippen LogP contribution in [0, 0.1) is 11.8 Å². The topological polar surface area (TPSA) is 60.2 Å². The number of primary amides is 1. The van der Waals surface area contributed by atoms with Gasteiger partial charge < -0.3 is 10.5 Å². The van der Waals surface area contributed by atoms with Gasteiger partial charge in [0, 0.05) is 12.8 Å². The van der Waals surface area contributed by atoms with E-state index in [2.05, 4.69) is 17.6 Å². The molecule has 0 bridgehead atoms. The molecule has 0 aliphatic rings. The van der Waals surface area contributed by atoms with E-state index in [0.717, 1.165) is 6.29 Å². The van der Waals surface area contributed by atoms with Crippen molar-refractivity contribution in [2.75, 3.05) is 0 Å². The Kier molecular flexibility index (Phi) is 9.39. The fourth-order valence-corrected chi connectivity index (χ4v) is 0.281. The first kappa shape index (κ1) is 11.7. The van der Waals surface area contributed by atoms with E-state index < -0.39 is 5.91 Å². The molecule has 0 aromatic rings. The van der Waals surface area contributed by atoms with Crippen LogP contribution in [0.1, 0.15) is 12.8 Å². The summed E-state index contributed by atoms with van der Waals surface area (Å²) >= 11 is 0. The number of aldehydes is 1. The van der Waals surface area contributed by atoms with Crippen molar-refractivity contribution >= 4 is 24.6 Å². The van der Waals surface area contributed by atoms with Crippen molar-refractivity contribution in [3.8, 4) is 11.8 Å². The normalized spacial score (nSPS) is 6.40. The van der Waals surface area contributed by atoms with Crippen molar-refractivity contribution in [1.29, 1.82) is 0 Å². The zero-order chi connectivity index (χ0) is 7.11. The van der Waals surface area contributed by atoms with Gasteiger partial charge in [0.15, 0.2) is 0 Å². The van der Waals surface area contributed by atoms with Gasteiger partial charge in [-0.05, 0) is 5.92 Å². The molecule has 0 unspecified atom stereocenters. The average Bonchev–Trinajstić information content (AvgIpc) is 1.80. The molecule has 3 nitrogen and oxygen atoms in total. The molecule has 2 N–H and O–H groups in total. The first-order valence-corrected chi connectivity index (χ1v) is 2.49. The Labute approximate surface area is 65.4 Å². The van der Waals surface area contributed by atoms with Crippen LogP contribution in [0.2, 0.25) is 0 Å². The number of halogens is 1. The number of unbranched alkanes of at least 4 members (excludes halogenated alkanes) is 1. The highest BCUT2D eigenvalue weighted by Crippen LogP contribution is 1.77. The molecule has 0 aromatic heterocycles. The molecule has 0 aliphatic carbocycles. The number of rotatable bonds is 2. The zero-order valence-corrected chi connectivity index (χ0v) is 6.11. The maximum Gasteiger partial charge on any atom is 0.293 e. The summed E-state index contributed by atoms with van der Waals surface area (Å²) in [4.78, 5) is 19.6. The third-order valence-electron chi connectivity index (χ3n) is 0.599. The molecule has 0 radical (unpaired) electrons. The molecule has 0 fully saturated rings. The highest BCUT2D eigenvalue weighted by molar-refractivity contribution is 5.91. The lowest BCUT2D eigenvalue weighted by Crippen LogP contribution is -2.05. The van der Waals surface area contributed by atoms with E-state index in [1.54, 1.807) is 0 Å². The SMILES string of the molecule is Cl.NC(=O)C#CCCC=O. The Morgan fingerprint density at radius 3 is 2.60 bits per heavy atom. The van der Waals surface area contributed by atoms with Crippen LogP contribution in [0.15, 0.2) is 0 Å². The summed E-state index contributed by atoms with van der Waals surface area (Å²) in [7, 11) is 0. The van der Waals surface area contributed by atoms with Crippen LogP contribution in [-0.4, -0.2) is 12.2 Å². The van der Waals surface area contributed by atoms with Gasteiger partial charge >= 0.3 is 0 Å². The van der Waals surface area contributed by atoms with Gasteiger partial charge in [-0.15, -0.1) is 12.4 Å². The number of amides is 1. The highest BCUT2D eigenvalue weighted by Gasteiger charge is 1.79. The van der Waals surface area contributed by atoms with Crippen LogP contribution in [0.4, 0.5) is 0 Å². The fraction of sp³-hybridized carbons (Fsp3) is 0.333. The second-order valence-electron chi connectivity index (χ2n) is 1.37.